The van der Waals surface area contributed by atoms with Crippen LogP contribution in [0.25, 0.3) is 0 Å². The smallest absolute Gasteiger partial charge is 0.272 e. The third-order valence-corrected chi connectivity index (χ3v) is 4.05. The quantitative estimate of drug-likeness (QED) is 0.901. The number of amides is 1. The predicted octanol–water partition coefficient (Wildman–Crippen LogP) is 1.35. The van der Waals surface area contributed by atoms with E-state index < -0.39 is 0 Å². The van der Waals surface area contributed by atoms with E-state index in [1.54, 1.807) is 11.1 Å². The second kappa shape index (κ2) is 6.22. The maximum atomic E-state index is 12.3. The van der Waals surface area contributed by atoms with Crippen molar-refractivity contribution in [3.8, 4) is 0 Å². The summed E-state index contributed by atoms with van der Waals surface area (Å²) in [4.78, 5) is 20.6. The summed E-state index contributed by atoms with van der Waals surface area (Å²) in [7, 11) is 0. The maximum absolute atomic E-state index is 12.3. The van der Waals surface area contributed by atoms with Gasteiger partial charge in [0.1, 0.15) is 5.69 Å². The van der Waals surface area contributed by atoms with E-state index in [9.17, 15) is 4.79 Å². The van der Waals surface area contributed by atoms with E-state index in [4.69, 9.17) is 5.73 Å². The fraction of sp³-hybridized carbons (Fsp3) is 0.600. The van der Waals surface area contributed by atoms with Crippen LogP contribution in [0.4, 0.5) is 5.69 Å². The Balaban J connectivity index is 2.18. The van der Waals surface area contributed by atoms with Gasteiger partial charge in [-0.15, -0.1) is 0 Å². The van der Waals surface area contributed by atoms with Crippen LogP contribution in [0, 0.1) is 5.92 Å². The zero-order chi connectivity index (χ0) is 14.7. The molecule has 2 atom stereocenters. The number of nitrogens with two attached hydrogens (primary N) is 1. The molecule has 1 fully saturated rings. The van der Waals surface area contributed by atoms with Crippen LogP contribution in [0.15, 0.2) is 18.3 Å². The van der Waals surface area contributed by atoms with Crippen molar-refractivity contribution in [1.29, 1.82) is 0 Å². The fourth-order valence-electron chi connectivity index (χ4n) is 2.61. The first kappa shape index (κ1) is 14.8. The Labute approximate surface area is 120 Å². The van der Waals surface area contributed by atoms with Crippen molar-refractivity contribution in [1.82, 2.24) is 9.88 Å². The zero-order valence-corrected chi connectivity index (χ0v) is 12.5. The molecule has 1 saturated heterocycles. The van der Waals surface area contributed by atoms with Gasteiger partial charge in [0.05, 0.1) is 0 Å². The topological polar surface area (TPSA) is 62.5 Å². The van der Waals surface area contributed by atoms with Gasteiger partial charge in [0, 0.05) is 44.1 Å². The Kier molecular flexibility index (Phi) is 4.60. The normalized spacial score (nSPS) is 22.1. The van der Waals surface area contributed by atoms with Gasteiger partial charge in [0.2, 0.25) is 0 Å². The average molecular weight is 276 g/mol. The Morgan fingerprint density at radius 1 is 1.45 bits per heavy atom. The van der Waals surface area contributed by atoms with Crippen molar-refractivity contribution in [2.75, 3.05) is 31.1 Å². The number of nitrogens with zero attached hydrogens (tertiary/aromatic N) is 3. The lowest BCUT2D eigenvalue weighted by molar-refractivity contribution is 0.0767. The van der Waals surface area contributed by atoms with Crippen molar-refractivity contribution >= 4 is 11.6 Å². The van der Waals surface area contributed by atoms with Crippen molar-refractivity contribution in [2.45, 2.75) is 26.8 Å². The Morgan fingerprint density at radius 2 is 2.15 bits per heavy atom. The van der Waals surface area contributed by atoms with Crippen molar-refractivity contribution < 1.29 is 4.79 Å². The lowest BCUT2D eigenvalue weighted by atomic mass is 10.1. The summed E-state index contributed by atoms with van der Waals surface area (Å²) in [5, 5.41) is 0. The third-order valence-electron chi connectivity index (χ3n) is 4.05. The molecular weight excluding hydrogens is 252 g/mol. The summed E-state index contributed by atoms with van der Waals surface area (Å²) in [5.41, 5.74) is 7.61. The molecular formula is C15H24N4O. The van der Waals surface area contributed by atoms with Crippen molar-refractivity contribution in [2.24, 2.45) is 11.7 Å². The molecule has 0 spiro atoms. The van der Waals surface area contributed by atoms with Crippen LogP contribution in [0.3, 0.4) is 0 Å². The van der Waals surface area contributed by atoms with Gasteiger partial charge >= 0.3 is 0 Å². The van der Waals surface area contributed by atoms with Crippen LogP contribution < -0.4 is 10.6 Å². The van der Waals surface area contributed by atoms with Gasteiger partial charge in [0.15, 0.2) is 0 Å². The first-order valence-corrected chi connectivity index (χ1v) is 7.32. The van der Waals surface area contributed by atoms with Gasteiger partial charge in [0.25, 0.3) is 5.91 Å². The Bertz CT molecular complexity index is 463. The SMILES string of the molecule is CCN(CC)C(=O)c1cc(N2CC(C)C(N)C2)ccn1. The number of hydrogen-bond donors (Lipinski definition) is 1. The van der Waals surface area contributed by atoms with E-state index in [2.05, 4.69) is 16.8 Å². The van der Waals surface area contributed by atoms with E-state index in [-0.39, 0.29) is 11.9 Å². The lowest BCUT2D eigenvalue weighted by Gasteiger charge is -2.21. The lowest BCUT2D eigenvalue weighted by Crippen LogP contribution is -2.31. The molecule has 20 heavy (non-hydrogen) atoms. The minimum Gasteiger partial charge on any atom is -0.370 e. The predicted molar refractivity (Wildman–Crippen MR) is 80.8 cm³/mol. The number of carbonyl (C=O) groups is 1. The molecule has 0 saturated carbocycles. The number of aromatic nitrogens is 1. The Morgan fingerprint density at radius 3 is 2.70 bits per heavy atom. The van der Waals surface area contributed by atoms with Gasteiger partial charge in [-0.2, -0.15) is 0 Å². The minimum absolute atomic E-state index is 0.00612. The molecule has 0 radical (unpaired) electrons. The van der Waals surface area contributed by atoms with Crippen molar-refractivity contribution in [3.63, 3.8) is 0 Å². The number of anilines is 1. The minimum atomic E-state index is -0.00612. The van der Waals surface area contributed by atoms with Crippen LogP contribution in [0.1, 0.15) is 31.3 Å². The zero-order valence-electron chi connectivity index (χ0n) is 12.5. The molecule has 0 aromatic carbocycles. The van der Waals surface area contributed by atoms with E-state index in [0.29, 0.717) is 24.7 Å². The van der Waals surface area contributed by atoms with Gasteiger partial charge < -0.3 is 15.5 Å². The molecule has 110 valence electrons. The molecule has 5 nitrogen and oxygen atoms in total. The molecule has 1 amide bonds. The molecule has 2 N–H and O–H groups in total. The highest BCUT2D eigenvalue weighted by molar-refractivity contribution is 5.93. The van der Waals surface area contributed by atoms with Gasteiger partial charge in [-0.25, -0.2) is 0 Å². The van der Waals surface area contributed by atoms with Crippen molar-refractivity contribution in [3.05, 3.63) is 24.0 Å². The second-order valence-electron chi connectivity index (χ2n) is 5.42. The van der Waals surface area contributed by atoms with E-state index >= 15 is 0 Å². The van der Waals surface area contributed by atoms with E-state index in [1.807, 2.05) is 26.0 Å². The molecule has 1 aromatic heterocycles. The van der Waals surface area contributed by atoms with Crippen LogP contribution in [0.2, 0.25) is 0 Å². The first-order valence-electron chi connectivity index (χ1n) is 7.32. The molecule has 2 rings (SSSR count). The van der Waals surface area contributed by atoms with Crippen LogP contribution >= 0.6 is 0 Å². The summed E-state index contributed by atoms with van der Waals surface area (Å²) in [6.45, 7) is 9.29. The standard InChI is InChI=1S/C15H24N4O/c1-4-18(5-2)15(20)14-8-12(6-7-17-14)19-9-11(3)13(16)10-19/h6-8,11,13H,4-5,9-10,16H2,1-3H3. The number of hydrogen-bond acceptors (Lipinski definition) is 4. The highest BCUT2D eigenvalue weighted by Gasteiger charge is 2.27. The highest BCUT2D eigenvalue weighted by atomic mass is 16.2. The van der Waals surface area contributed by atoms with Gasteiger partial charge in [-0.05, 0) is 31.9 Å². The summed E-state index contributed by atoms with van der Waals surface area (Å²) in [6.07, 6.45) is 1.71. The molecule has 2 heterocycles. The largest absolute Gasteiger partial charge is 0.370 e. The number of carbonyl (C=O) groups excluding carboxylic acids is 1. The highest BCUT2D eigenvalue weighted by Crippen LogP contribution is 2.23. The summed E-state index contributed by atoms with van der Waals surface area (Å²) < 4.78 is 0. The number of pyridine rings is 1. The van der Waals surface area contributed by atoms with Gasteiger partial charge in [-0.3, -0.25) is 9.78 Å². The maximum Gasteiger partial charge on any atom is 0.272 e. The molecule has 1 aliphatic rings. The average Bonchev–Trinajstić information content (AvgIpc) is 2.80. The molecule has 1 aromatic rings. The fourth-order valence-corrected chi connectivity index (χ4v) is 2.61. The third kappa shape index (κ3) is 2.93. The van der Waals surface area contributed by atoms with E-state index in [0.717, 1.165) is 18.8 Å². The monoisotopic (exact) mass is 276 g/mol. The molecule has 1 aliphatic heterocycles. The molecule has 0 aliphatic carbocycles. The van der Waals surface area contributed by atoms with Crippen LogP contribution in [-0.2, 0) is 0 Å². The summed E-state index contributed by atoms with van der Waals surface area (Å²) in [6, 6.07) is 4.03. The first-order chi connectivity index (χ1) is 9.56. The van der Waals surface area contributed by atoms with Crippen LogP contribution in [-0.4, -0.2) is 48.0 Å². The molecule has 5 heteroatoms. The summed E-state index contributed by atoms with van der Waals surface area (Å²) in [5.74, 6) is 0.471. The van der Waals surface area contributed by atoms with Gasteiger partial charge in [-0.1, -0.05) is 6.92 Å². The van der Waals surface area contributed by atoms with E-state index in [1.165, 1.54) is 0 Å². The van der Waals surface area contributed by atoms with Crippen LogP contribution in [0.5, 0.6) is 0 Å². The molecule has 2 unspecified atom stereocenters. The summed E-state index contributed by atoms with van der Waals surface area (Å²) >= 11 is 0. The number of rotatable bonds is 4. The molecule has 0 bridgehead atoms. The Hall–Kier alpha value is -1.62. The second-order valence-corrected chi connectivity index (χ2v) is 5.42.